The molecule has 3 nitrogen and oxygen atoms in total. The lowest BCUT2D eigenvalue weighted by molar-refractivity contribution is -0.118. The van der Waals surface area contributed by atoms with Crippen molar-refractivity contribution in [2.45, 2.75) is 57.9 Å². The van der Waals surface area contributed by atoms with Crippen LogP contribution in [-0.2, 0) is 11.2 Å². The summed E-state index contributed by atoms with van der Waals surface area (Å²) in [7, 11) is 0. The van der Waals surface area contributed by atoms with Crippen molar-refractivity contribution < 1.29 is 4.79 Å². The third-order valence-corrected chi connectivity index (χ3v) is 3.39. The molecule has 1 fully saturated rings. The smallest absolute Gasteiger partial charge is 0.138 e. The molecule has 1 aliphatic rings. The quantitative estimate of drug-likeness (QED) is 0.782. The van der Waals surface area contributed by atoms with Gasteiger partial charge in [-0.3, -0.25) is 9.48 Å². The molecule has 16 heavy (non-hydrogen) atoms. The summed E-state index contributed by atoms with van der Waals surface area (Å²) in [5.74, 6) is 0.272. The molecule has 88 valence electrons. The van der Waals surface area contributed by atoms with Gasteiger partial charge in [0.1, 0.15) is 5.78 Å². The summed E-state index contributed by atoms with van der Waals surface area (Å²) in [6.07, 6.45) is 9.60. The van der Waals surface area contributed by atoms with Gasteiger partial charge in [-0.25, -0.2) is 0 Å². The van der Waals surface area contributed by atoms with Crippen LogP contribution in [0.5, 0.6) is 0 Å². The standard InChI is InChI=1S/C13H20N2O/c1-2-13(16)10-11-8-9-15(14-11)12-6-4-3-5-7-12/h8-9,12H,2-7,10H2,1H3. The summed E-state index contributed by atoms with van der Waals surface area (Å²) in [4.78, 5) is 11.3. The van der Waals surface area contributed by atoms with Crippen LogP contribution in [0.15, 0.2) is 12.3 Å². The minimum Gasteiger partial charge on any atom is -0.299 e. The van der Waals surface area contributed by atoms with Gasteiger partial charge in [0.05, 0.1) is 18.2 Å². The van der Waals surface area contributed by atoms with E-state index >= 15 is 0 Å². The van der Waals surface area contributed by atoms with Crippen LogP contribution in [-0.4, -0.2) is 15.6 Å². The molecule has 0 atom stereocenters. The van der Waals surface area contributed by atoms with Gasteiger partial charge < -0.3 is 0 Å². The Hall–Kier alpha value is -1.12. The van der Waals surface area contributed by atoms with Crippen molar-refractivity contribution in [1.29, 1.82) is 0 Å². The summed E-state index contributed by atoms with van der Waals surface area (Å²) >= 11 is 0. The molecule has 1 saturated carbocycles. The lowest BCUT2D eigenvalue weighted by atomic mass is 9.96. The molecule has 0 N–H and O–H groups in total. The second-order valence-corrected chi connectivity index (χ2v) is 4.65. The van der Waals surface area contributed by atoms with Crippen molar-refractivity contribution in [2.24, 2.45) is 0 Å². The fraction of sp³-hybridized carbons (Fsp3) is 0.692. The topological polar surface area (TPSA) is 34.9 Å². The Kier molecular flexibility index (Phi) is 3.75. The van der Waals surface area contributed by atoms with Gasteiger partial charge in [-0.1, -0.05) is 26.2 Å². The Morgan fingerprint density at radius 2 is 2.19 bits per heavy atom. The molecule has 0 spiro atoms. The predicted molar refractivity (Wildman–Crippen MR) is 63.4 cm³/mol. The zero-order valence-electron chi connectivity index (χ0n) is 9.98. The van der Waals surface area contributed by atoms with E-state index in [-0.39, 0.29) is 5.78 Å². The average molecular weight is 220 g/mol. The number of rotatable bonds is 4. The van der Waals surface area contributed by atoms with Gasteiger partial charge >= 0.3 is 0 Å². The summed E-state index contributed by atoms with van der Waals surface area (Å²) < 4.78 is 2.07. The highest BCUT2D eigenvalue weighted by molar-refractivity contribution is 5.80. The van der Waals surface area contributed by atoms with E-state index in [0.29, 0.717) is 18.9 Å². The average Bonchev–Trinajstić information content (AvgIpc) is 2.78. The Morgan fingerprint density at radius 3 is 2.88 bits per heavy atom. The Bertz CT molecular complexity index is 351. The van der Waals surface area contributed by atoms with Gasteiger partial charge in [0.15, 0.2) is 0 Å². The Morgan fingerprint density at radius 1 is 1.44 bits per heavy atom. The molecule has 0 saturated heterocycles. The van der Waals surface area contributed by atoms with Crippen LogP contribution in [0.4, 0.5) is 0 Å². The monoisotopic (exact) mass is 220 g/mol. The fourth-order valence-electron chi connectivity index (χ4n) is 2.35. The van der Waals surface area contributed by atoms with Gasteiger partial charge in [0.2, 0.25) is 0 Å². The van der Waals surface area contributed by atoms with Crippen LogP contribution in [0, 0.1) is 0 Å². The maximum Gasteiger partial charge on any atom is 0.138 e. The molecule has 0 unspecified atom stereocenters. The second kappa shape index (κ2) is 5.28. The van der Waals surface area contributed by atoms with E-state index in [9.17, 15) is 4.79 Å². The van der Waals surface area contributed by atoms with E-state index in [2.05, 4.69) is 9.78 Å². The maximum atomic E-state index is 11.3. The molecule has 0 radical (unpaired) electrons. The molecule has 1 aromatic rings. The largest absolute Gasteiger partial charge is 0.299 e. The minimum atomic E-state index is 0.272. The molecule has 2 rings (SSSR count). The molecule has 0 aliphatic heterocycles. The van der Waals surface area contributed by atoms with E-state index in [4.69, 9.17) is 0 Å². The molecule has 0 bridgehead atoms. The molecule has 0 aromatic carbocycles. The number of carbonyl (C=O) groups excluding carboxylic acids is 1. The minimum absolute atomic E-state index is 0.272. The number of nitrogens with zero attached hydrogens (tertiary/aromatic N) is 2. The highest BCUT2D eigenvalue weighted by Crippen LogP contribution is 2.27. The van der Waals surface area contributed by atoms with Gasteiger partial charge in [0, 0.05) is 12.6 Å². The summed E-state index contributed by atoms with van der Waals surface area (Å²) in [6.45, 7) is 1.90. The second-order valence-electron chi connectivity index (χ2n) is 4.65. The molecular weight excluding hydrogens is 200 g/mol. The Balaban J connectivity index is 1.98. The number of Topliss-reactive ketones (excluding diaryl/α,β-unsaturated/α-hetero) is 1. The van der Waals surface area contributed by atoms with Gasteiger partial charge in [0.25, 0.3) is 0 Å². The van der Waals surface area contributed by atoms with Crippen molar-refractivity contribution in [3.05, 3.63) is 18.0 Å². The summed E-state index contributed by atoms with van der Waals surface area (Å²) in [6, 6.07) is 2.56. The predicted octanol–water partition coefficient (Wildman–Crippen LogP) is 2.91. The number of hydrogen-bond donors (Lipinski definition) is 0. The van der Waals surface area contributed by atoms with Crippen molar-refractivity contribution in [3.63, 3.8) is 0 Å². The van der Waals surface area contributed by atoms with Crippen LogP contribution in [0.3, 0.4) is 0 Å². The molecular formula is C13H20N2O. The van der Waals surface area contributed by atoms with E-state index in [1.165, 1.54) is 32.1 Å². The highest BCUT2D eigenvalue weighted by atomic mass is 16.1. The van der Waals surface area contributed by atoms with E-state index in [0.717, 1.165) is 5.69 Å². The van der Waals surface area contributed by atoms with Crippen LogP contribution in [0.2, 0.25) is 0 Å². The first-order valence-electron chi connectivity index (χ1n) is 6.35. The summed E-state index contributed by atoms with van der Waals surface area (Å²) in [5.41, 5.74) is 0.928. The van der Waals surface area contributed by atoms with E-state index < -0.39 is 0 Å². The summed E-state index contributed by atoms with van der Waals surface area (Å²) in [5, 5.41) is 4.52. The SMILES string of the molecule is CCC(=O)Cc1ccn(C2CCCCC2)n1. The third-order valence-electron chi connectivity index (χ3n) is 3.39. The molecule has 3 heteroatoms. The van der Waals surface area contributed by atoms with Crippen LogP contribution < -0.4 is 0 Å². The van der Waals surface area contributed by atoms with Crippen molar-refractivity contribution in [2.75, 3.05) is 0 Å². The normalized spacial score (nSPS) is 17.6. The van der Waals surface area contributed by atoms with Gasteiger partial charge in [-0.05, 0) is 18.9 Å². The lowest BCUT2D eigenvalue weighted by Gasteiger charge is -2.21. The van der Waals surface area contributed by atoms with Crippen molar-refractivity contribution >= 4 is 5.78 Å². The van der Waals surface area contributed by atoms with Crippen molar-refractivity contribution in [1.82, 2.24) is 9.78 Å². The van der Waals surface area contributed by atoms with Crippen molar-refractivity contribution in [3.8, 4) is 0 Å². The molecule has 1 aliphatic carbocycles. The first-order chi connectivity index (χ1) is 7.79. The highest BCUT2D eigenvalue weighted by Gasteiger charge is 2.16. The van der Waals surface area contributed by atoms with E-state index in [1.807, 2.05) is 19.2 Å². The Labute approximate surface area is 96.8 Å². The molecule has 1 aromatic heterocycles. The maximum absolute atomic E-state index is 11.3. The zero-order chi connectivity index (χ0) is 11.4. The fourth-order valence-corrected chi connectivity index (χ4v) is 2.35. The number of aromatic nitrogens is 2. The van der Waals surface area contributed by atoms with Gasteiger partial charge in [-0.15, -0.1) is 0 Å². The first-order valence-corrected chi connectivity index (χ1v) is 6.35. The molecule has 1 heterocycles. The molecule has 0 amide bonds. The van der Waals surface area contributed by atoms with Crippen LogP contribution in [0.1, 0.15) is 57.2 Å². The number of ketones is 1. The lowest BCUT2D eigenvalue weighted by Crippen LogP contribution is -2.13. The van der Waals surface area contributed by atoms with Crippen LogP contribution >= 0.6 is 0 Å². The first kappa shape index (κ1) is 11.4. The van der Waals surface area contributed by atoms with E-state index in [1.54, 1.807) is 0 Å². The number of hydrogen-bond acceptors (Lipinski definition) is 2. The third kappa shape index (κ3) is 2.71. The number of carbonyl (C=O) groups is 1. The van der Waals surface area contributed by atoms with Crippen LogP contribution in [0.25, 0.3) is 0 Å². The zero-order valence-corrected chi connectivity index (χ0v) is 9.98. The van der Waals surface area contributed by atoms with Gasteiger partial charge in [-0.2, -0.15) is 5.10 Å².